The lowest BCUT2D eigenvalue weighted by Gasteiger charge is -2.16. The van der Waals surface area contributed by atoms with E-state index in [-0.39, 0.29) is 10.5 Å². The van der Waals surface area contributed by atoms with Gasteiger partial charge in [-0.15, -0.1) is 0 Å². The molecule has 2 heterocycles. The lowest BCUT2D eigenvalue weighted by molar-refractivity contribution is -0.137. The van der Waals surface area contributed by atoms with Crippen molar-refractivity contribution >= 4 is 22.4 Å². The topological polar surface area (TPSA) is 72.7 Å². The maximum atomic E-state index is 13.1. The first-order valence-electron chi connectivity index (χ1n) is 7.91. The van der Waals surface area contributed by atoms with Gasteiger partial charge in [0, 0.05) is 5.41 Å². The Balaban J connectivity index is 1.97. The van der Waals surface area contributed by atoms with Crippen molar-refractivity contribution in [3.63, 3.8) is 0 Å². The molecule has 10 heteroatoms. The van der Waals surface area contributed by atoms with Gasteiger partial charge in [-0.2, -0.15) is 18.3 Å². The van der Waals surface area contributed by atoms with Crippen LogP contribution in [0.15, 0.2) is 36.9 Å². The van der Waals surface area contributed by atoms with Gasteiger partial charge in [0.15, 0.2) is 5.13 Å². The van der Waals surface area contributed by atoms with Crippen LogP contribution < -0.4 is 5.32 Å². The molecule has 0 saturated heterocycles. The van der Waals surface area contributed by atoms with Crippen LogP contribution in [-0.2, 0) is 11.6 Å². The summed E-state index contributed by atoms with van der Waals surface area (Å²) in [7, 11) is 0. The summed E-state index contributed by atoms with van der Waals surface area (Å²) < 4.78 is 41.0. The smallest absolute Gasteiger partial charge is 0.298 e. The van der Waals surface area contributed by atoms with Crippen LogP contribution in [0.4, 0.5) is 18.3 Å². The molecule has 0 radical (unpaired) electrons. The zero-order chi connectivity index (χ0) is 19.8. The summed E-state index contributed by atoms with van der Waals surface area (Å²) in [5.74, 6) is -0.873. The molecule has 0 saturated carbocycles. The van der Waals surface area contributed by atoms with Crippen LogP contribution in [0.5, 0.6) is 0 Å². The number of rotatable bonds is 3. The van der Waals surface area contributed by atoms with E-state index in [1.54, 1.807) is 0 Å². The minimum absolute atomic E-state index is 0.187. The molecule has 6 nitrogen and oxygen atoms in total. The highest BCUT2D eigenvalue weighted by Crippen LogP contribution is 2.36. The molecule has 1 amide bonds. The second-order valence-electron chi connectivity index (χ2n) is 6.76. The molecule has 0 unspecified atom stereocenters. The Bertz CT molecular complexity index is 958. The van der Waals surface area contributed by atoms with E-state index in [9.17, 15) is 18.0 Å². The van der Waals surface area contributed by atoms with E-state index in [2.05, 4.69) is 20.4 Å². The molecular formula is C17H16F3N5OS. The van der Waals surface area contributed by atoms with Gasteiger partial charge in [0.25, 0.3) is 5.91 Å². The van der Waals surface area contributed by atoms with Gasteiger partial charge in [-0.1, -0.05) is 44.2 Å². The number of carbonyl (C=O) groups excluding carboxylic acids is 1. The quantitative estimate of drug-likeness (QED) is 0.718. The summed E-state index contributed by atoms with van der Waals surface area (Å²) in [6, 6.07) is 4.63. The predicted octanol–water partition coefficient (Wildman–Crippen LogP) is 4.29. The molecule has 2 aromatic heterocycles. The number of hydrogen-bond donors (Lipinski definition) is 1. The normalized spacial score (nSPS) is 12.2. The van der Waals surface area contributed by atoms with E-state index in [1.807, 2.05) is 20.8 Å². The van der Waals surface area contributed by atoms with Crippen LogP contribution in [0.1, 0.15) is 42.4 Å². The molecule has 0 spiro atoms. The number of hydrogen-bond acceptors (Lipinski definition) is 5. The van der Waals surface area contributed by atoms with Crippen LogP contribution in [0.2, 0.25) is 0 Å². The van der Waals surface area contributed by atoms with Gasteiger partial charge in [-0.3, -0.25) is 10.1 Å². The average molecular weight is 395 g/mol. The highest BCUT2D eigenvalue weighted by Gasteiger charge is 2.35. The first-order chi connectivity index (χ1) is 12.6. The molecule has 0 aliphatic rings. The SMILES string of the molecule is CC(C)(C)c1nc(NC(=O)c2ccccc2C(F)(F)F)sc1-n1cncn1. The fourth-order valence-electron chi connectivity index (χ4n) is 2.42. The third-order valence-corrected chi connectivity index (χ3v) is 4.60. The standard InChI is InChI=1S/C17H16F3N5OS/c1-16(2,3)12-14(25-9-21-8-22-25)27-15(23-12)24-13(26)10-6-4-5-7-11(10)17(18,19)20/h4-9H,1-3H3,(H,23,24,26). The molecule has 1 N–H and O–H groups in total. The van der Waals surface area contributed by atoms with Gasteiger partial charge in [-0.25, -0.2) is 14.6 Å². The molecule has 0 bridgehead atoms. The molecule has 1 aromatic carbocycles. The summed E-state index contributed by atoms with van der Waals surface area (Å²) in [5.41, 5.74) is -1.17. The molecule has 27 heavy (non-hydrogen) atoms. The van der Waals surface area contributed by atoms with Crippen LogP contribution in [0.25, 0.3) is 5.00 Å². The molecule has 0 aliphatic carbocycles. The lowest BCUT2D eigenvalue weighted by Crippen LogP contribution is -2.19. The van der Waals surface area contributed by atoms with Crippen LogP contribution in [0, 0.1) is 0 Å². The maximum absolute atomic E-state index is 13.1. The number of aromatic nitrogens is 4. The predicted molar refractivity (Wildman–Crippen MR) is 95.1 cm³/mol. The van der Waals surface area contributed by atoms with Gasteiger partial charge in [0.05, 0.1) is 16.8 Å². The van der Waals surface area contributed by atoms with Crippen molar-refractivity contribution in [2.45, 2.75) is 32.4 Å². The number of nitrogens with one attached hydrogen (secondary N) is 1. The zero-order valence-corrected chi connectivity index (χ0v) is 15.5. The summed E-state index contributed by atoms with van der Waals surface area (Å²) in [5, 5.41) is 7.37. The number of thiazole rings is 1. The number of nitrogens with zero attached hydrogens (tertiary/aromatic N) is 4. The van der Waals surface area contributed by atoms with Crippen LogP contribution in [0.3, 0.4) is 0 Å². The Labute approximate surface area is 157 Å². The first-order valence-corrected chi connectivity index (χ1v) is 8.73. The van der Waals surface area contributed by atoms with Crippen molar-refractivity contribution < 1.29 is 18.0 Å². The van der Waals surface area contributed by atoms with Crippen molar-refractivity contribution in [1.82, 2.24) is 19.7 Å². The highest BCUT2D eigenvalue weighted by atomic mass is 32.1. The number of benzene rings is 1. The van der Waals surface area contributed by atoms with E-state index in [0.717, 1.165) is 23.5 Å². The molecule has 0 aliphatic heterocycles. The van der Waals surface area contributed by atoms with E-state index in [4.69, 9.17) is 0 Å². The van der Waals surface area contributed by atoms with E-state index in [0.29, 0.717) is 10.7 Å². The summed E-state index contributed by atoms with van der Waals surface area (Å²) in [6.45, 7) is 5.81. The van der Waals surface area contributed by atoms with Crippen molar-refractivity contribution in [2.75, 3.05) is 5.32 Å². The lowest BCUT2D eigenvalue weighted by atomic mass is 9.92. The average Bonchev–Trinajstić information content (AvgIpc) is 3.22. The molecule has 0 fully saturated rings. The number of amides is 1. The number of carbonyl (C=O) groups is 1. The Hall–Kier alpha value is -2.75. The fraction of sp³-hybridized carbons (Fsp3) is 0.294. The second kappa shape index (κ2) is 6.76. The number of anilines is 1. The van der Waals surface area contributed by atoms with Crippen LogP contribution >= 0.6 is 11.3 Å². The second-order valence-corrected chi connectivity index (χ2v) is 7.74. The molecule has 3 aromatic rings. The Kier molecular flexibility index (Phi) is 4.77. The highest BCUT2D eigenvalue weighted by molar-refractivity contribution is 7.18. The first kappa shape index (κ1) is 19.0. The largest absolute Gasteiger partial charge is 0.417 e. The maximum Gasteiger partial charge on any atom is 0.417 e. The monoisotopic (exact) mass is 395 g/mol. The Morgan fingerprint density at radius 3 is 2.48 bits per heavy atom. The van der Waals surface area contributed by atoms with Gasteiger partial charge in [-0.05, 0) is 12.1 Å². The number of halogens is 3. The minimum Gasteiger partial charge on any atom is -0.298 e. The van der Waals surface area contributed by atoms with Crippen molar-refractivity contribution in [2.24, 2.45) is 0 Å². The number of alkyl halides is 3. The molecule has 0 atom stereocenters. The van der Waals surface area contributed by atoms with Crippen molar-refractivity contribution in [3.8, 4) is 5.00 Å². The van der Waals surface area contributed by atoms with Gasteiger partial charge >= 0.3 is 6.18 Å². The van der Waals surface area contributed by atoms with Crippen molar-refractivity contribution in [1.29, 1.82) is 0 Å². The van der Waals surface area contributed by atoms with E-state index < -0.39 is 23.2 Å². The molecule has 142 valence electrons. The fourth-order valence-corrected chi connectivity index (χ4v) is 3.52. The Morgan fingerprint density at radius 1 is 1.19 bits per heavy atom. The van der Waals surface area contributed by atoms with E-state index >= 15 is 0 Å². The van der Waals surface area contributed by atoms with Crippen LogP contribution in [-0.4, -0.2) is 25.7 Å². The van der Waals surface area contributed by atoms with Crippen molar-refractivity contribution in [3.05, 3.63) is 53.7 Å². The van der Waals surface area contributed by atoms with E-state index in [1.165, 1.54) is 29.5 Å². The van der Waals surface area contributed by atoms with Gasteiger partial charge < -0.3 is 0 Å². The zero-order valence-electron chi connectivity index (χ0n) is 14.7. The third-order valence-electron chi connectivity index (χ3n) is 3.64. The Morgan fingerprint density at radius 2 is 1.89 bits per heavy atom. The summed E-state index contributed by atoms with van der Waals surface area (Å²) in [4.78, 5) is 20.8. The summed E-state index contributed by atoms with van der Waals surface area (Å²) >= 11 is 1.12. The molecule has 3 rings (SSSR count). The summed E-state index contributed by atoms with van der Waals surface area (Å²) in [6.07, 6.45) is -1.77. The van der Waals surface area contributed by atoms with Gasteiger partial charge in [0.2, 0.25) is 0 Å². The minimum atomic E-state index is -4.63. The van der Waals surface area contributed by atoms with Gasteiger partial charge in [0.1, 0.15) is 17.7 Å². The third kappa shape index (κ3) is 4.00. The molecular weight excluding hydrogens is 379 g/mol.